The summed E-state index contributed by atoms with van der Waals surface area (Å²) in [7, 11) is 0. The number of pyridine rings is 1. The number of thiocarbonyl (C=S) groups is 1. The van der Waals surface area contributed by atoms with Crippen LogP contribution in [0.4, 0.5) is 5.82 Å². The zero-order valence-corrected chi connectivity index (χ0v) is 11.9. The highest BCUT2D eigenvalue weighted by molar-refractivity contribution is 7.80. The van der Waals surface area contributed by atoms with Crippen molar-refractivity contribution in [1.29, 1.82) is 0 Å². The number of hydrogen-bond acceptors (Lipinski definition) is 2. The normalized spacial score (nSPS) is 18.1. The van der Waals surface area contributed by atoms with Gasteiger partial charge in [0.1, 0.15) is 5.82 Å². The number of anilines is 1. The van der Waals surface area contributed by atoms with Gasteiger partial charge in [-0.05, 0) is 56.6 Å². The second kappa shape index (κ2) is 5.65. The van der Waals surface area contributed by atoms with Gasteiger partial charge in [-0.15, -0.1) is 0 Å². The van der Waals surface area contributed by atoms with Gasteiger partial charge in [-0.3, -0.25) is 0 Å². The zero-order chi connectivity index (χ0) is 13.0. The number of nitrogens with one attached hydrogen (secondary N) is 2. The van der Waals surface area contributed by atoms with Gasteiger partial charge in [0.2, 0.25) is 0 Å². The summed E-state index contributed by atoms with van der Waals surface area (Å²) < 4.78 is 0. The summed E-state index contributed by atoms with van der Waals surface area (Å²) in [6.45, 7) is 4.30. The fourth-order valence-electron chi connectivity index (χ4n) is 2.48. The van der Waals surface area contributed by atoms with Gasteiger partial charge in [-0.2, -0.15) is 0 Å². The molecular formula is C14H21N3S. The summed E-state index contributed by atoms with van der Waals surface area (Å²) in [5, 5.41) is 7.29. The third kappa shape index (κ3) is 3.67. The predicted octanol–water partition coefficient (Wildman–Crippen LogP) is 3.40. The van der Waals surface area contributed by atoms with E-state index in [-0.39, 0.29) is 5.54 Å². The Bertz CT molecular complexity index is 425. The van der Waals surface area contributed by atoms with E-state index >= 15 is 0 Å². The van der Waals surface area contributed by atoms with Gasteiger partial charge >= 0.3 is 0 Å². The number of rotatable bonds is 2. The fourth-order valence-corrected chi connectivity index (χ4v) is 2.83. The van der Waals surface area contributed by atoms with Gasteiger partial charge in [0.25, 0.3) is 0 Å². The highest BCUT2D eigenvalue weighted by atomic mass is 32.1. The van der Waals surface area contributed by atoms with Gasteiger partial charge < -0.3 is 10.6 Å². The zero-order valence-electron chi connectivity index (χ0n) is 11.1. The van der Waals surface area contributed by atoms with E-state index in [1.54, 1.807) is 6.20 Å². The molecule has 0 unspecified atom stereocenters. The Morgan fingerprint density at radius 1 is 1.33 bits per heavy atom. The van der Waals surface area contributed by atoms with E-state index in [0.717, 1.165) is 5.82 Å². The maximum atomic E-state index is 5.37. The van der Waals surface area contributed by atoms with Crippen LogP contribution in [0.15, 0.2) is 18.3 Å². The van der Waals surface area contributed by atoms with E-state index in [0.29, 0.717) is 5.11 Å². The van der Waals surface area contributed by atoms with E-state index < -0.39 is 0 Å². The third-order valence-electron chi connectivity index (χ3n) is 3.53. The van der Waals surface area contributed by atoms with Gasteiger partial charge in [-0.1, -0.05) is 19.3 Å². The smallest absolute Gasteiger partial charge is 0.172 e. The first-order valence-electron chi connectivity index (χ1n) is 6.59. The van der Waals surface area contributed by atoms with Crippen LogP contribution in [0.5, 0.6) is 0 Å². The molecule has 0 bridgehead atoms. The van der Waals surface area contributed by atoms with Crippen molar-refractivity contribution in [1.82, 2.24) is 10.3 Å². The fraction of sp³-hybridized carbons (Fsp3) is 0.571. The first-order valence-corrected chi connectivity index (χ1v) is 7.00. The largest absolute Gasteiger partial charge is 0.357 e. The summed E-state index contributed by atoms with van der Waals surface area (Å²) in [6.07, 6.45) is 8.09. The van der Waals surface area contributed by atoms with Gasteiger partial charge in [0, 0.05) is 11.7 Å². The highest BCUT2D eigenvalue weighted by Crippen LogP contribution is 2.27. The van der Waals surface area contributed by atoms with E-state index in [1.807, 2.05) is 19.1 Å². The van der Waals surface area contributed by atoms with Gasteiger partial charge in [0.15, 0.2) is 5.11 Å². The van der Waals surface area contributed by atoms with Crippen LogP contribution in [0.3, 0.4) is 0 Å². The summed E-state index contributed by atoms with van der Waals surface area (Å²) >= 11 is 5.37. The van der Waals surface area contributed by atoms with E-state index in [9.17, 15) is 0 Å². The Morgan fingerprint density at radius 3 is 2.72 bits per heavy atom. The Kier molecular flexibility index (Phi) is 4.17. The van der Waals surface area contributed by atoms with Crippen LogP contribution in [0.2, 0.25) is 0 Å². The summed E-state index contributed by atoms with van der Waals surface area (Å²) in [6, 6.07) is 3.97. The maximum absolute atomic E-state index is 5.37. The minimum absolute atomic E-state index is 0.145. The molecule has 0 aromatic carbocycles. The predicted molar refractivity (Wildman–Crippen MR) is 79.8 cm³/mol. The average molecular weight is 263 g/mol. The van der Waals surface area contributed by atoms with Crippen molar-refractivity contribution in [2.45, 2.75) is 51.5 Å². The van der Waals surface area contributed by atoms with Crippen molar-refractivity contribution in [2.75, 3.05) is 5.32 Å². The molecule has 2 rings (SSSR count). The third-order valence-corrected chi connectivity index (χ3v) is 3.73. The summed E-state index contributed by atoms with van der Waals surface area (Å²) in [4.78, 5) is 4.26. The minimum atomic E-state index is 0.145. The molecule has 1 aromatic rings. The Labute approximate surface area is 114 Å². The Balaban J connectivity index is 1.92. The van der Waals surface area contributed by atoms with Crippen molar-refractivity contribution in [3.8, 4) is 0 Å². The standard InChI is InChI=1S/C14H21N3S/c1-11-6-9-15-12(10-11)16-13(18)17-14(2)7-4-3-5-8-14/h6,9-10H,3-5,7-8H2,1-2H3,(H2,15,16,17,18). The SMILES string of the molecule is Cc1ccnc(NC(=S)NC2(C)CCCCC2)c1. The first-order chi connectivity index (χ1) is 8.57. The second-order valence-corrected chi connectivity index (χ2v) is 5.83. The molecule has 4 heteroatoms. The van der Waals surface area contributed by atoms with Crippen LogP contribution in [-0.4, -0.2) is 15.6 Å². The lowest BCUT2D eigenvalue weighted by molar-refractivity contribution is 0.292. The molecule has 0 radical (unpaired) electrons. The Morgan fingerprint density at radius 2 is 2.06 bits per heavy atom. The number of nitrogens with zero attached hydrogens (tertiary/aromatic N) is 1. The summed E-state index contributed by atoms with van der Waals surface area (Å²) in [5.41, 5.74) is 1.32. The van der Waals surface area contributed by atoms with Crippen molar-refractivity contribution in [2.24, 2.45) is 0 Å². The molecule has 1 fully saturated rings. The monoisotopic (exact) mass is 263 g/mol. The molecule has 0 amide bonds. The molecule has 1 aromatic heterocycles. The maximum Gasteiger partial charge on any atom is 0.172 e. The van der Waals surface area contributed by atoms with Crippen LogP contribution in [0.25, 0.3) is 0 Å². The van der Waals surface area contributed by atoms with Crippen LogP contribution < -0.4 is 10.6 Å². The molecule has 0 saturated heterocycles. The first kappa shape index (κ1) is 13.3. The molecule has 0 aliphatic heterocycles. The molecule has 1 aliphatic rings. The lowest BCUT2D eigenvalue weighted by Crippen LogP contribution is -2.48. The molecule has 1 saturated carbocycles. The van der Waals surface area contributed by atoms with Crippen LogP contribution in [-0.2, 0) is 0 Å². The molecule has 1 aliphatic carbocycles. The molecule has 1 heterocycles. The lowest BCUT2D eigenvalue weighted by Gasteiger charge is -2.35. The van der Waals surface area contributed by atoms with E-state index in [2.05, 4.69) is 22.5 Å². The topological polar surface area (TPSA) is 37.0 Å². The molecule has 98 valence electrons. The molecule has 2 N–H and O–H groups in total. The summed E-state index contributed by atoms with van der Waals surface area (Å²) in [5.74, 6) is 0.812. The van der Waals surface area contributed by atoms with E-state index in [4.69, 9.17) is 12.2 Å². The second-order valence-electron chi connectivity index (χ2n) is 5.42. The van der Waals surface area contributed by atoms with Gasteiger partial charge in [0.05, 0.1) is 0 Å². The highest BCUT2D eigenvalue weighted by Gasteiger charge is 2.27. The molecule has 18 heavy (non-hydrogen) atoms. The van der Waals surface area contributed by atoms with Crippen molar-refractivity contribution in [3.63, 3.8) is 0 Å². The van der Waals surface area contributed by atoms with Crippen LogP contribution in [0, 0.1) is 6.92 Å². The Hall–Kier alpha value is -1.16. The van der Waals surface area contributed by atoms with Crippen molar-refractivity contribution >= 4 is 23.1 Å². The van der Waals surface area contributed by atoms with Crippen LogP contribution >= 0.6 is 12.2 Å². The molecular weight excluding hydrogens is 242 g/mol. The van der Waals surface area contributed by atoms with Crippen molar-refractivity contribution in [3.05, 3.63) is 23.9 Å². The molecule has 3 nitrogen and oxygen atoms in total. The van der Waals surface area contributed by atoms with Crippen molar-refractivity contribution < 1.29 is 0 Å². The van der Waals surface area contributed by atoms with Gasteiger partial charge in [-0.25, -0.2) is 4.98 Å². The average Bonchev–Trinajstić information content (AvgIpc) is 2.28. The number of aryl methyl sites for hydroxylation is 1. The van der Waals surface area contributed by atoms with E-state index in [1.165, 1.54) is 37.7 Å². The lowest BCUT2D eigenvalue weighted by atomic mass is 9.83. The van der Waals surface area contributed by atoms with Crippen LogP contribution in [0.1, 0.15) is 44.6 Å². The number of aromatic nitrogens is 1. The molecule has 0 atom stereocenters. The quantitative estimate of drug-likeness (QED) is 0.802. The minimum Gasteiger partial charge on any atom is -0.357 e. The number of hydrogen-bond donors (Lipinski definition) is 2. The molecule has 0 spiro atoms.